The number of amides is 2. The summed E-state index contributed by atoms with van der Waals surface area (Å²) in [6.07, 6.45) is 0. The van der Waals surface area contributed by atoms with Crippen molar-refractivity contribution in [2.75, 3.05) is 55.8 Å². The van der Waals surface area contributed by atoms with Gasteiger partial charge in [-0.15, -0.1) is 0 Å². The van der Waals surface area contributed by atoms with Gasteiger partial charge in [0, 0.05) is 38.4 Å². The van der Waals surface area contributed by atoms with Gasteiger partial charge in [-0.1, -0.05) is 12.1 Å². The molecule has 3 rings (SSSR count). The zero-order valence-corrected chi connectivity index (χ0v) is 17.5. The van der Waals surface area contributed by atoms with Crippen molar-refractivity contribution in [2.45, 2.75) is 0 Å². The lowest BCUT2D eigenvalue weighted by Gasteiger charge is -2.35. The number of hydrogen-bond acceptors (Lipinski definition) is 5. The van der Waals surface area contributed by atoms with Crippen LogP contribution in [-0.2, 0) is 10.0 Å². The number of urea groups is 1. The molecule has 8 nitrogen and oxygen atoms in total. The predicted octanol–water partition coefficient (Wildman–Crippen LogP) is 2.11. The summed E-state index contributed by atoms with van der Waals surface area (Å²) in [5.74, 6) is 0.0182. The summed E-state index contributed by atoms with van der Waals surface area (Å²) in [7, 11) is -2.00. The van der Waals surface area contributed by atoms with Gasteiger partial charge in [0.25, 0.3) is 0 Å². The summed E-state index contributed by atoms with van der Waals surface area (Å²) in [4.78, 5) is 14.1. The lowest BCUT2D eigenvalue weighted by molar-refractivity contribution is 0.252. The molecule has 2 amide bonds. The van der Waals surface area contributed by atoms with Crippen LogP contribution in [0, 0.1) is 5.82 Å². The van der Waals surface area contributed by atoms with Crippen molar-refractivity contribution < 1.29 is 22.3 Å². The Bertz CT molecular complexity index is 961. The van der Waals surface area contributed by atoms with E-state index >= 15 is 0 Å². The fourth-order valence-electron chi connectivity index (χ4n) is 3.21. The Kier molecular flexibility index (Phi) is 7.11. The van der Waals surface area contributed by atoms with Crippen LogP contribution in [0.3, 0.4) is 0 Å². The highest BCUT2D eigenvalue weighted by molar-refractivity contribution is 7.89. The van der Waals surface area contributed by atoms with E-state index in [0.29, 0.717) is 37.6 Å². The van der Waals surface area contributed by atoms with E-state index in [-0.39, 0.29) is 18.1 Å². The van der Waals surface area contributed by atoms with Gasteiger partial charge in [0.05, 0.1) is 18.6 Å². The second kappa shape index (κ2) is 9.77. The monoisotopic (exact) mass is 436 g/mol. The van der Waals surface area contributed by atoms with E-state index in [1.807, 2.05) is 4.90 Å². The molecular weight excluding hydrogens is 411 g/mol. The zero-order valence-electron chi connectivity index (χ0n) is 16.7. The quantitative estimate of drug-likeness (QED) is 0.694. The molecule has 0 aliphatic carbocycles. The Labute approximate surface area is 175 Å². The van der Waals surface area contributed by atoms with Crippen molar-refractivity contribution in [3.05, 3.63) is 54.3 Å². The Morgan fingerprint density at radius 1 is 1.07 bits per heavy atom. The van der Waals surface area contributed by atoms with Crippen LogP contribution in [-0.4, -0.2) is 64.3 Å². The third-order valence-corrected chi connectivity index (χ3v) is 6.70. The van der Waals surface area contributed by atoms with Crippen LogP contribution >= 0.6 is 0 Å². The van der Waals surface area contributed by atoms with Crippen LogP contribution in [0.15, 0.2) is 48.5 Å². The number of carbonyl (C=O) groups excluding carboxylic acids is 1. The Hall–Kier alpha value is -2.85. The van der Waals surface area contributed by atoms with E-state index in [4.69, 9.17) is 4.74 Å². The number of sulfonamides is 1. The fraction of sp³-hybridized carbons (Fsp3) is 0.350. The van der Waals surface area contributed by atoms with Gasteiger partial charge in [-0.2, -0.15) is 4.31 Å². The summed E-state index contributed by atoms with van der Waals surface area (Å²) >= 11 is 0. The SMILES string of the molecule is COc1ccccc1NC(=O)NCCS(=O)(=O)N1CCN(c2ccc(F)cc2)CC1. The number of nitrogens with zero attached hydrogens (tertiary/aromatic N) is 2. The summed E-state index contributed by atoms with van der Waals surface area (Å²) in [5.41, 5.74) is 1.36. The lowest BCUT2D eigenvalue weighted by atomic mass is 10.2. The van der Waals surface area contributed by atoms with Crippen LogP contribution in [0.5, 0.6) is 5.75 Å². The number of halogens is 1. The van der Waals surface area contributed by atoms with Crippen LogP contribution < -0.4 is 20.3 Å². The molecule has 1 aliphatic rings. The number of rotatable bonds is 7. The number of anilines is 2. The normalized spacial score (nSPS) is 14.9. The van der Waals surface area contributed by atoms with Crippen LogP contribution in [0.1, 0.15) is 0 Å². The molecule has 2 aromatic rings. The average Bonchev–Trinajstić information content (AvgIpc) is 2.74. The van der Waals surface area contributed by atoms with Crippen molar-refractivity contribution in [3.63, 3.8) is 0 Å². The van der Waals surface area contributed by atoms with Gasteiger partial charge < -0.3 is 20.3 Å². The van der Waals surface area contributed by atoms with E-state index < -0.39 is 16.1 Å². The second-order valence-corrected chi connectivity index (χ2v) is 8.85. The first-order chi connectivity index (χ1) is 14.4. The van der Waals surface area contributed by atoms with Crippen molar-refractivity contribution in [1.29, 1.82) is 0 Å². The first-order valence-electron chi connectivity index (χ1n) is 9.55. The first-order valence-corrected chi connectivity index (χ1v) is 11.2. The highest BCUT2D eigenvalue weighted by atomic mass is 32.2. The average molecular weight is 437 g/mol. The maximum absolute atomic E-state index is 13.1. The topological polar surface area (TPSA) is 91.0 Å². The van der Waals surface area contributed by atoms with E-state index in [9.17, 15) is 17.6 Å². The molecule has 162 valence electrons. The lowest BCUT2D eigenvalue weighted by Crippen LogP contribution is -2.50. The van der Waals surface area contributed by atoms with E-state index in [1.165, 1.54) is 23.5 Å². The molecule has 30 heavy (non-hydrogen) atoms. The smallest absolute Gasteiger partial charge is 0.319 e. The molecule has 1 saturated heterocycles. The molecule has 1 fully saturated rings. The molecule has 1 heterocycles. The van der Waals surface area contributed by atoms with Crippen molar-refractivity contribution in [3.8, 4) is 5.75 Å². The predicted molar refractivity (Wildman–Crippen MR) is 114 cm³/mol. The molecular formula is C20H25FN4O4S. The molecule has 0 spiro atoms. The molecule has 10 heteroatoms. The minimum Gasteiger partial charge on any atom is -0.495 e. The van der Waals surface area contributed by atoms with Gasteiger partial charge >= 0.3 is 6.03 Å². The molecule has 0 unspecified atom stereocenters. The standard InChI is InChI=1S/C20H25FN4O4S/c1-29-19-5-3-2-4-18(19)23-20(26)22-10-15-30(27,28)25-13-11-24(12-14-25)17-8-6-16(21)7-9-17/h2-9H,10-15H2,1H3,(H2,22,23,26). The van der Waals surface area contributed by atoms with Crippen LogP contribution in [0.2, 0.25) is 0 Å². The molecule has 0 bridgehead atoms. The van der Waals surface area contributed by atoms with Gasteiger partial charge in [-0.25, -0.2) is 17.6 Å². The second-order valence-electron chi connectivity index (χ2n) is 6.76. The summed E-state index contributed by atoms with van der Waals surface area (Å²) in [6, 6.07) is 12.6. The minimum atomic E-state index is -3.50. The number of ether oxygens (including phenoxy) is 1. The van der Waals surface area contributed by atoms with Crippen molar-refractivity contribution >= 4 is 27.4 Å². The summed E-state index contributed by atoms with van der Waals surface area (Å²) in [5, 5.41) is 5.20. The van der Waals surface area contributed by atoms with Crippen LogP contribution in [0.4, 0.5) is 20.6 Å². The van der Waals surface area contributed by atoms with Gasteiger partial charge in [0.1, 0.15) is 11.6 Å². The Morgan fingerprint density at radius 2 is 1.73 bits per heavy atom. The highest BCUT2D eigenvalue weighted by Crippen LogP contribution is 2.22. The minimum absolute atomic E-state index is 0.0124. The van der Waals surface area contributed by atoms with Crippen molar-refractivity contribution in [2.24, 2.45) is 0 Å². The van der Waals surface area contributed by atoms with E-state index in [0.717, 1.165) is 5.69 Å². The molecule has 0 saturated carbocycles. The molecule has 2 N–H and O–H groups in total. The fourth-order valence-corrected chi connectivity index (χ4v) is 4.55. The molecule has 0 atom stereocenters. The number of hydrogen-bond donors (Lipinski definition) is 2. The number of carbonyl (C=O) groups is 1. The Morgan fingerprint density at radius 3 is 2.40 bits per heavy atom. The van der Waals surface area contributed by atoms with Gasteiger partial charge in [0.15, 0.2) is 0 Å². The molecule has 2 aromatic carbocycles. The molecule has 1 aliphatic heterocycles. The van der Waals surface area contributed by atoms with Crippen LogP contribution in [0.25, 0.3) is 0 Å². The summed E-state index contributed by atoms with van der Waals surface area (Å²) < 4.78 is 44.8. The molecule has 0 aromatic heterocycles. The largest absolute Gasteiger partial charge is 0.495 e. The summed E-state index contributed by atoms with van der Waals surface area (Å²) in [6.45, 7) is 1.71. The third kappa shape index (κ3) is 5.61. The number of benzene rings is 2. The zero-order chi connectivity index (χ0) is 21.6. The van der Waals surface area contributed by atoms with Gasteiger partial charge in [-0.05, 0) is 36.4 Å². The number of piperazine rings is 1. The molecule has 0 radical (unpaired) electrons. The number of nitrogens with one attached hydrogen (secondary N) is 2. The maximum atomic E-state index is 13.1. The van der Waals surface area contributed by atoms with E-state index in [1.54, 1.807) is 36.4 Å². The van der Waals surface area contributed by atoms with Gasteiger partial charge in [0.2, 0.25) is 10.0 Å². The third-order valence-electron chi connectivity index (χ3n) is 4.82. The Balaban J connectivity index is 1.45. The number of methoxy groups -OCH3 is 1. The van der Waals surface area contributed by atoms with E-state index in [2.05, 4.69) is 10.6 Å². The van der Waals surface area contributed by atoms with Gasteiger partial charge in [-0.3, -0.25) is 0 Å². The maximum Gasteiger partial charge on any atom is 0.319 e. The number of para-hydroxylation sites is 2. The van der Waals surface area contributed by atoms with Crippen molar-refractivity contribution in [1.82, 2.24) is 9.62 Å². The highest BCUT2D eigenvalue weighted by Gasteiger charge is 2.26. The first kappa shape index (κ1) is 21.8.